The van der Waals surface area contributed by atoms with Crippen molar-refractivity contribution in [2.75, 3.05) is 45.0 Å². The fourth-order valence-corrected chi connectivity index (χ4v) is 2.53. The molecule has 1 heterocycles. The van der Waals surface area contributed by atoms with Crippen molar-refractivity contribution < 1.29 is 8.42 Å². The van der Waals surface area contributed by atoms with Gasteiger partial charge in [0.25, 0.3) is 0 Å². The molecule has 1 aliphatic rings. The number of nitrogens with zero attached hydrogens (tertiary/aromatic N) is 2. The van der Waals surface area contributed by atoms with Gasteiger partial charge in [0.1, 0.15) is 0 Å². The molecule has 7 nitrogen and oxygen atoms in total. The Bertz CT molecular complexity index is 396. The summed E-state index contributed by atoms with van der Waals surface area (Å²) in [6.07, 6.45) is 3.88. The predicted molar refractivity (Wildman–Crippen MR) is 97.7 cm³/mol. The van der Waals surface area contributed by atoms with E-state index < -0.39 is 10.0 Å². The highest BCUT2D eigenvalue weighted by atomic mass is 127. The molecule has 0 spiro atoms. The van der Waals surface area contributed by atoms with Crippen molar-refractivity contribution >= 4 is 40.0 Å². The van der Waals surface area contributed by atoms with Crippen LogP contribution in [-0.4, -0.2) is 64.3 Å². The summed E-state index contributed by atoms with van der Waals surface area (Å²) in [4.78, 5) is 6.86. The molecule has 0 unspecified atom stereocenters. The average Bonchev–Trinajstić information content (AvgIpc) is 2.38. The number of primary sulfonamides is 1. The maximum atomic E-state index is 10.9. The molecule has 0 aliphatic carbocycles. The summed E-state index contributed by atoms with van der Waals surface area (Å²) >= 11 is 0. The number of guanidine groups is 1. The number of nitrogens with one attached hydrogen (secondary N) is 2. The van der Waals surface area contributed by atoms with Crippen LogP contribution < -0.4 is 15.8 Å². The lowest BCUT2D eigenvalue weighted by Gasteiger charge is -2.25. The van der Waals surface area contributed by atoms with E-state index in [9.17, 15) is 8.42 Å². The van der Waals surface area contributed by atoms with E-state index >= 15 is 0 Å². The second-order valence-corrected chi connectivity index (χ2v) is 6.69. The van der Waals surface area contributed by atoms with Gasteiger partial charge in [-0.3, -0.25) is 4.99 Å². The lowest BCUT2D eigenvalue weighted by molar-refractivity contribution is 0.235. The molecule has 4 N–H and O–H groups in total. The molecule has 0 atom stereocenters. The zero-order chi connectivity index (χ0) is 14.8. The molecule has 1 saturated heterocycles. The van der Waals surface area contributed by atoms with Crippen molar-refractivity contribution in [2.45, 2.75) is 26.2 Å². The van der Waals surface area contributed by atoms with Crippen molar-refractivity contribution in [3.8, 4) is 0 Å². The molecule has 1 fully saturated rings. The molecule has 0 aromatic rings. The average molecular weight is 433 g/mol. The highest BCUT2D eigenvalue weighted by molar-refractivity contribution is 14.0. The molecule has 0 aromatic carbocycles. The Morgan fingerprint density at radius 1 is 1.24 bits per heavy atom. The normalized spacial score (nSPS) is 17.1. The molecular weight excluding hydrogens is 405 g/mol. The van der Waals surface area contributed by atoms with E-state index in [0.717, 1.165) is 26.2 Å². The Hall–Kier alpha value is -0.130. The van der Waals surface area contributed by atoms with Gasteiger partial charge in [0.15, 0.2) is 5.96 Å². The molecule has 21 heavy (non-hydrogen) atoms. The quantitative estimate of drug-likeness (QED) is 0.297. The number of rotatable bonds is 7. The zero-order valence-corrected chi connectivity index (χ0v) is 15.8. The summed E-state index contributed by atoms with van der Waals surface area (Å²) in [6, 6.07) is 0. The molecular formula is C12H28IN5O2S. The Labute approximate surface area is 145 Å². The van der Waals surface area contributed by atoms with E-state index in [1.807, 2.05) is 6.92 Å². The first kappa shape index (κ1) is 20.9. The van der Waals surface area contributed by atoms with Crippen molar-refractivity contribution in [2.24, 2.45) is 10.1 Å². The van der Waals surface area contributed by atoms with E-state index in [4.69, 9.17) is 5.14 Å². The van der Waals surface area contributed by atoms with Crippen LogP contribution >= 0.6 is 24.0 Å². The fraction of sp³-hybridized carbons (Fsp3) is 0.917. The van der Waals surface area contributed by atoms with Crippen LogP contribution in [0.2, 0.25) is 0 Å². The predicted octanol–water partition coefficient (Wildman–Crippen LogP) is -0.0661. The van der Waals surface area contributed by atoms with Crippen molar-refractivity contribution in [1.82, 2.24) is 15.5 Å². The minimum atomic E-state index is -3.43. The Morgan fingerprint density at radius 3 is 2.48 bits per heavy atom. The topological polar surface area (TPSA) is 99.8 Å². The van der Waals surface area contributed by atoms with Gasteiger partial charge >= 0.3 is 0 Å². The third-order valence-electron chi connectivity index (χ3n) is 3.16. The van der Waals surface area contributed by atoms with Gasteiger partial charge in [0.2, 0.25) is 10.0 Å². The third kappa shape index (κ3) is 11.1. The number of likely N-dealkylation sites (tertiary alicyclic amines) is 1. The molecule has 0 aromatic heterocycles. The minimum Gasteiger partial charge on any atom is -0.357 e. The van der Waals surface area contributed by atoms with Crippen LogP contribution in [0.5, 0.6) is 0 Å². The van der Waals surface area contributed by atoms with Crippen LogP contribution in [0, 0.1) is 0 Å². The third-order valence-corrected chi connectivity index (χ3v) is 3.93. The van der Waals surface area contributed by atoms with Gasteiger partial charge in [-0.25, -0.2) is 13.6 Å². The molecule has 0 bridgehead atoms. The lowest BCUT2D eigenvalue weighted by atomic mass is 10.1. The van der Waals surface area contributed by atoms with Crippen LogP contribution in [0.1, 0.15) is 26.2 Å². The van der Waals surface area contributed by atoms with Gasteiger partial charge < -0.3 is 15.5 Å². The fourth-order valence-electron chi connectivity index (χ4n) is 2.14. The Morgan fingerprint density at radius 2 is 1.90 bits per heavy atom. The van der Waals surface area contributed by atoms with Crippen molar-refractivity contribution in [1.29, 1.82) is 0 Å². The molecule has 0 saturated carbocycles. The summed E-state index contributed by atoms with van der Waals surface area (Å²) in [5, 5.41) is 11.0. The number of sulfonamides is 1. The summed E-state index contributed by atoms with van der Waals surface area (Å²) in [7, 11) is -3.43. The van der Waals surface area contributed by atoms with E-state index in [2.05, 4.69) is 20.5 Å². The first-order valence-electron chi connectivity index (χ1n) is 7.26. The van der Waals surface area contributed by atoms with E-state index in [1.54, 1.807) is 0 Å². The van der Waals surface area contributed by atoms with Crippen LogP contribution in [0.15, 0.2) is 4.99 Å². The first-order valence-corrected chi connectivity index (χ1v) is 8.98. The molecule has 1 aliphatic heterocycles. The monoisotopic (exact) mass is 433 g/mol. The number of piperidine rings is 1. The van der Waals surface area contributed by atoms with E-state index in [-0.39, 0.29) is 36.3 Å². The highest BCUT2D eigenvalue weighted by Gasteiger charge is 2.09. The molecule has 126 valence electrons. The maximum Gasteiger partial charge on any atom is 0.210 e. The second kappa shape index (κ2) is 11.4. The minimum absolute atomic E-state index is 0. The van der Waals surface area contributed by atoms with Gasteiger partial charge in [0, 0.05) is 19.6 Å². The summed E-state index contributed by atoms with van der Waals surface area (Å²) < 4.78 is 21.7. The molecule has 9 heteroatoms. The number of aliphatic imine (C=N–C) groups is 1. The Kier molecular flexibility index (Phi) is 11.4. The molecule has 0 radical (unpaired) electrons. The van der Waals surface area contributed by atoms with Crippen molar-refractivity contribution in [3.05, 3.63) is 0 Å². The van der Waals surface area contributed by atoms with Gasteiger partial charge in [-0.15, -0.1) is 24.0 Å². The SMILES string of the molecule is CCNC(=NCCN1CCCCC1)NCCS(N)(=O)=O.I. The standard InChI is InChI=1S/C12H27N5O2S.HI/c1-2-14-12(16-7-11-20(13,18)19)15-6-10-17-8-4-3-5-9-17;/h2-11H2,1H3,(H2,13,18,19)(H2,14,15,16);1H. The van der Waals surface area contributed by atoms with Gasteiger partial charge in [0.05, 0.1) is 12.3 Å². The first-order chi connectivity index (χ1) is 9.51. The summed E-state index contributed by atoms with van der Waals surface area (Å²) in [6.45, 7) is 6.97. The van der Waals surface area contributed by atoms with E-state index in [0.29, 0.717) is 12.5 Å². The van der Waals surface area contributed by atoms with Gasteiger partial charge in [-0.1, -0.05) is 6.42 Å². The molecule has 1 rings (SSSR count). The smallest absolute Gasteiger partial charge is 0.210 e. The maximum absolute atomic E-state index is 10.9. The zero-order valence-electron chi connectivity index (χ0n) is 12.7. The number of nitrogens with two attached hydrogens (primary N) is 1. The summed E-state index contributed by atoms with van der Waals surface area (Å²) in [5.74, 6) is 0.553. The van der Waals surface area contributed by atoms with Gasteiger partial charge in [-0.2, -0.15) is 0 Å². The lowest BCUT2D eigenvalue weighted by Crippen LogP contribution is -2.41. The number of hydrogen-bond donors (Lipinski definition) is 3. The van der Waals surface area contributed by atoms with Gasteiger partial charge in [-0.05, 0) is 32.9 Å². The van der Waals surface area contributed by atoms with Crippen LogP contribution in [-0.2, 0) is 10.0 Å². The van der Waals surface area contributed by atoms with Crippen LogP contribution in [0.25, 0.3) is 0 Å². The van der Waals surface area contributed by atoms with Crippen LogP contribution in [0.3, 0.4) is 0 Å². The van der Waals surface area contributed by atoms with Crippen molar-refractivity contribution in [3.63, 3.8) is 0 Å². The van der Waals surface area contributed by atoms with E-state index in [1.165, 1.54) is 19.3 Å². The number of halogens is 1. The largest absolute Gasteiger partial charge is 0.357 e. The number of hydrogen-bond acceptors (Lipinski definition) is 4. The highest BCUT2D eigenvalue weighted by Crippen LogP contribution is 2.07. The summed E-state index contributed by atoms with van der Waals surface area (Å²) in [5.41, 5.74) is 0. The Balaban J connectivity index is 0.00000400. The van der Waals surface area contributed by atoms with Crippen LogP contribution in [0.4, 0.5) is 0 Å². The second-order valence-electron chi connectivity index (χ2n) is 4.96. The molecule has 0 amide bonds.